The van der Waals surface area contributed by atoms with Gasteiger partial charge in [0.2, 0.25) is 5.82 Å². The molecule has 0 heterocycles. The number of benzene rings is 2. The van der Waals surface area contributed by atoms with E-state index in [0.717, 1.165) is 51.4 Å². The lowest BCUT2D eigenvalue weighted by molar-refractivity contribution is 0.0697. The number of halogens is 2. The Morgan fingerprint density at radius 3 is 1.94 bits per heavy atom. The first kappa shape index (κ1) is 27.6. The van der Waals surface area contributed by atoms with Gasteiger partial charge < -0.3 is 14.6 Å². The van der Waals surface area contributed by atoms with Crippen LogP contribution in [0.25, 0.3) is 11.1 Å². The van der Waals surface area contributed by atoms with E-state index in [9.17, 15) is 18.7 Å². The molecule has 0 aliphatic rings. The second-order valence-electron chi connectivity index (χ2n) is 8.63. The summed E-state index contributed by atoms with van der Waals surface area (Å²) >= 11 is 0. The Balaban J connectivity index is 2.09. The third-order valence-corrected chi connectivity index (χ3v) is 5.83. The van der Waals surface area contributed by atoms with E-state index in [4.69, 9.17) is 9.47 Å². The molecule has 0 spiro atoms. The lowest BCUT2D eigenvalue weighted by Crippen LogP contribution is -2.05. The molecule has 0 aliphatic heterocycles. The van der Waals surface area contributed by atoms with Gasteiger partial charge in [-0.05, 0) is 43.2 Å². The monoisotopic (exact) mass is 476 g/mol. The van der Waals surface area contributed by atoms with Crippen molar-refractivity contribution in [3.63, 3.8) is 0 Å². The number of hydrogen-bond donors (Lipinski definition) is 1. The van der Waals surface area contributed by atoms with E-state index in [1.807, 2.05) is 0 Å². The highest BCUT2D eigenvalue weighted by Crippen LogP contribution is 2.34. The van der Waals surface area contributed by atoms with Crippen molar-refractivity contribution < 1.29 is 28.2 Å². The van der Waals surface area contributed by atoms with E-state index >= 15 is 0 Å². The summed E-state index contributed by atoms with van der Waals surface area (Å²) in [7, 11) is 0. The van der Waals surface area contributed by atoms with E-state index in [0.29, 0.717) is 19.0 Å². The zero-order valence-corrected chi connectivity index (χ0v) is 20.5. The fourth-order valence-corrected chi connectivity index (χ4v) is 3.83. The third kappa shape index (κ3) is 8.62. The molecule has 188 valence electrons. The van der Waals surface area contributed by atoms with Crippen LogP contribution in [0.3, 0.4) is 0 Å². The zero-order valence-electron chi connectivity index (χ0n) is 20.5. The summed E-state index contributed by atoms with van der Waals surface area (Å²) < 4.78 is 40.9. The number of carboxylic acids is 1. The first-order valence-electron chi connectivity index (χ1n) is 12.6. The highest BCUT2D eigenvalue weighted by molar-refractivity contribution is 5.96. The minimum absolute atomic E-state index is 0.0791. The third-order valence-electron chi connectivity index (χ3n) is 5.83. The van der Waals surface area contributed by atoms with Crippen molar-refractivity contribution in [2.24, 2.45) is 0 Å². The molecule has 1 N–H and O–H groups in total. The smallest absolute Gasteiger partial charge is 0.336 e. The quantitative estimate of drug-likeness (QED) is 0.233. The van der Waals surface area contributed by atoms with Gasteiger partial charge >= 0.3 is 5.97 Å². The molecule has 0 saturated carbocycles. The van der Waals surface area contributed by atoms with Crippen molar-refractivity contribution in [2.75, 3.05) is 13.2 Å². The molecule has 0 unspecified atom stereocenters. The van der Waals surface area contributed by atoms with Crippen molar-refractivity contribution in [1.82, 2.24) is 0 Å². The van der Waals surface area contributed by atoms with Gasteiger partial charge in [-0.2, -0.15) is 4.39 Å². The number of aromatic carboxylic acids is 1. The van der Waals surface area contributed by atoms with Crippen LogP contribution in [0.15, 0.2) is 30.3 Å². The van der Waals surface area contributed by atoms with Crippen LogP contribution in [0, 0.1) is 11.6 Å². The van der Waals surface area contributed by atoms with Crippen molar-refractivity contribution in [1.29, 1.82) is 0 Å². The van der Waals surface area contributed by atoms with E-state index in [1.165, 1.54) is 43.5 Å². The molecule has 0 aromatic heterocycles. The summed E-state index contributed by atoms with van der Waals surface area (Å²) in [5.41, 5.74) is -0.166. The van der Waals surface area contributed by atoms with Gasteiger partial charge in [0.05, 0.1) is 18.8 Å². The minimum Gasteiger partial charge on any atom is -0.494 e. The molecule has 2 aromatic rings. The second-order valence-corrected chi connectivity index (χ2v) is 8.63. The number of carbonyl (C=O) groups is 1. The van der Waals surface area contributed by atoms with Gasteiger partial charge in [-0.15, -0.1) is 0 Å². The van der Waals surface area contributed by atoms with Gasteiger partial charge in [-0.3, -0.25) is 0 Å². The average Bonchev–Trinajstić information content (AvgIpc) is 2.83. The summed E-state index contributed by atoms with van der Waals surface area (Å²) in [4.78, 5) is 11.7. The lowest BCUT2D eigenvalue weighted by atomic mass is 9.98. The Labute approximate surface area is 202 Å². The van der Waals surface area contributed by atoms with Gasteiger partial charge in [-0.25, -0.2) is 9.18 Å². The number of carboxylic acid groups (broad SMARTS) is 1. The summed E-state index contributed by atoms with van der Waals surface area (Å²) in [5, 5.41) is 9.57. The fourth-order valence-electron chi connectivity index (χ4n) is 3.83. The van der Waals surface area contributed by atoms with Crippen LogP contribution >= 0.6 is 0 Å². The predicted molar refractivity (Wildman–Crippen MR) is 132 cm³/mol. The van der Waals surface area contributed by atoms with Gasteiger partial charge in [-0.1, -0.05) is 71.6 Å². The molecular weight excluding hydrogens is 438 g/mol. The molecule has 0 atom stereocenters. The summed E-state index contributed by atoms with van der Waals surface area (Å²) in [5.74, 6) is -3.19. The van der Waals surface area contributed by atoms with Crippen LogP contribution in [0.4, 0.5) is 8.78 Å². The average molecular weight is 477 g/mol. The first-order valence-corrected chi connectivity index (χ1v) is 12.6. The summed E-state index contributed by atoms with van der Waals surface area (Å²) in [6.45, 7) is 5.09. The molecule has 0 fully saturated rings. The zero-order chi connectivity index (χ0) is 24.8. The maximum Gasteiger partial charge on any atom is 0.336 e. The molecule has 0 radical (unpaired) electrons. The minimum atomic E-state index is -1.22. The number of hydrogen-bond acceptors (Lipinski definition) is 3. The topological polar surface area (TPSA) is 55.8 Å². The molecule has 6 heteroatoms. The van der Waals surface area contributed by atoms with Gasteiger partial charge in [0.1, 0.15) is 5.75 Å². The van der Waals surface area contributed by atoms with Crippen LogP contribution in [0.2, 0.25) is 0 Å². The standard InChI is InChI=1S/C28H38F2O4/c1-3-5-7-9-11-12-18-33-21-14-15-23(28(31)32)24(20-21)22-16-17-25(27(30)26(22)29)34-19-13-10-8-6-4-2/h14-17,20H,3-13,18-19H2,1-2H3,(H,31,32). The predicted octanol–water partition coefficient (Wildman–Crippen LogP) is 8.42. The van der Waals surface area contributed by atoms with Crippen molar-refractivity contribution >= 4 is 5.97 Å². The number of unbranched alkanes of at least 4 members (excludes halogenated alkanes) is 9. The Kier molecular flexibility index (Phi) is 12.4. The van der Waals surface area contributed by atoms with Crippen molar-refractivity contribution in [3.8, 4) is 22.6 Å². The highest BCUT2D eigenvalue weighted by atomic mass is 19.2. The van der Waals surface area contributed by atoms with Crippen molar-refractivity contribution in [3.05, 3.63) is 47.5 Å². The lowest BCUT2D eigenvalue weighted by Gasteiger charge is -2.14. The van der Waals surface area contributed by atoms with Crippen LogP contribution in [0.5, 0.6) is 11.5 Å². The van der Waals surface area contributed by atoms with E-state index in [1.54, 1.807) is 6.07 Å². The highest BCUT2D eigenvalue weighted by Gasteiger charge is 2.21. The maximum atomic E-state index is 15.0. The van der Waals surface area contributed by atoms with Gasteiger partial charge in [0.25, 0.3) is 0 Å². The summed E-state index contributed by atoms with van der Waals surface area (Å²) in [6.07, 6.45) is 11.8. The molecule has 0 amide bonds. The Morgan fingerprint density at radius 2 is 1.32 bits per heavy atom. The number of rotatable bonds is 17. The molecule has 4 nitrogen and oxygen atoms in total. The molecule has 0 aliphatic carbocycles. The first-order chi connectivity index (χ1) is 16.5. The van der Waals surface area contributed by atoms with E-state index in [2.05, 4.69) is 13.8 Å². The molecule has 34 heavy (non-hydrogen) atoms. The van der Waals surface area contributed by atoms with Crippen LogP contribution < -0.4 is 9.47 Å². The molecule has 0 saturated heterocycles. The van der Waals surface area contributed by atoms with Crippen LogP contribution in [-0.2, 0) is 0 Å². The summed E-state index contributed by atoms with van der Waals surface area (Å²) in [6, 6.07) is 7.10. The Hall–Kier alpha value is -2.63. The largest absolute Gasteiger partial charge is 0.494 e. The van der Waals surface area contributed by atoms with E-state index < -0.39 is 17.6 Å². The Morgan fingerprint density at radius 1 is 0.735 bits per heavy atom. The Bertz CT molecular complexity index is 898. The molecule has 2 aromatic carbocycles. The molecule has 2 rings (SSSR count). The second kappa shape index (κ2) is 15.3. The normalized spacial score (nSPS) is 10.9. The van der Waals surface area contributed by atoms with Crippen LogP contribution in [0.1, 0.15) is 94.8 Å². The van der Waals surface area contributed by atoms with E-state index in [-0.39, 0.29) is 22.4 Å². The van der Waals surface area contributed by atoms with Gasteiger partial charge in [0.15, 0.2) is 11.6 Å². The van der Waals surface area contributed by atoms with Crippen LogP contribution in [-0.4, -0.2) is 24.3 Å². The SMILES string of the molecule is CCCCCCCCOc1ccc(C(=O)O)c(-c2ccc(OCCCCCCC)c(F)c2F)c1. The molecule has 0 bridgehead atoms. The van der Waals surface area contributed by atoms with Gasteiger partial charge in [0, 0.05) is 11.1 Å². The maximum absolute atomic E-state index is 15.0. The van der Waals surface area contributed by atoms with Crippen molar-refractivity contribution in [2.45, 2.75) is 84.5 Å². The number of ether oxygens (including phenoxy) is 2. The molecular formula is C28H38F2O4. The fraction of sp³-hybridized carbons (Fsp3) is 0.536.